The van der Waals surface area contributed by atoms with E-state index in [0.29, 0.717) is 10.7 Å². The average Bonchev–Trinajstić information content (AvgIpc) is 2.67. The molecule has 0 amide bonds. The second-order valence-electron chi connectivity index (χ2n) is 3.35. The third-order valence-electron chi connectivity index (χ3n) is 2.28. The van der Waals surface area contributed by atoms with E-state index in [2.05, 4.69) is 10.3 Å². The molecule has 0 saturated heterocycles. The lowest BCUT2D eigenvalue weighted by Crippen LogP contribution is -2.08. The van der Waals surface area contributed by atoms with Crippen LogP contribution in [0.5, 0.6) is 0 Å². The maximum absolute atomic E-state index is 13.5. The summed E-state index contributed by atoms with van der Waals surface area (Å²) in [6.07, 6.45) is 0.254. The number of aliphatic hydroxyl groups excluding tert-OH is 1. The Labute approximate surface area is 96.3 Å². The molecule has 1 N–H and O–H groups in total. The molecule has 4 nitrogen and oxygen atoms in total. The molecular formula is C10H9ClFN3O. The monoisotopic (exact) mass is 241 g/mol. The highest BCUT2D eigenvalue weighted by molar-refractivity contribution is 6.30. The van der Waals surface area contributed by atoms with Gasteiger partial charge in [0.1, 0.15) is 11.9 Å². The Hall–Kier alpha value is -1.46. The minimum absolute atomic E-state index is 0.109. The number of hydrogen-bond donors (Lipinski definition) is 1. The van der Waals surface area contributed by atoms with Gasteiger partial charge < -0.3 is 5.11 Å². The van der Waals surface area contributed by atoms with Crippen molar-refractivity contribution in [3.63, 3.8) is 0 Å². The summed E-state index contributed by atoms with van der Waals surface area (Å²) in [7, 11) is 1.62. The Kier molecular flexibility index (Phi) is 2.89. The first-order chi connectivity index (χ1) is 7.59. The Bertz CT molecular complexity index is 515. The van der Waals surface area contributed by atoms with Gasteiger partial charge in [0.15, 0.2) is 0 Å². The minimum Gasteiger partial charge on any atom is -0.382 e. The first kappa shape index (κ1) is 11.0. The van der Waals surface area contributed by atoms with Crippen molar-refractivity contribution < 1.29 is 9.50 Å². The molecule has 1 aromatic carbocycles. The Morgan fingerprint density at radius 1 is 1.50 bits per heavy atom. The zero-order chi connectivity index (χ0) is 11.7. The van der Waals surface area contributed by atoms with E-state index in [9.17, 15) is 9.50 Å². The van der Waals surface area contributed by atoms with Crippen LogP contribution in [0.1, 0.15) is 17.4 Å². The molecule has 6 heteroatoms. The molecule has 84 valence electrons. The fraction of sp³-hybridized carbons (Fsp3) is 0.200. The van der Waals surface area contributed by atoms with Gasteiger partial charge in [-0.15, -0.1) is 5.10 Å². The number of nitrogens with zero attached hydrogens (tertiary/aromatic N) is 3. The van der Waals surface area contributed by atoms with Crippen LogP contribution in [0.4, 0.5) is 4.39 Å². The summed E-state index contributed by atoms with van der Waals surface area (Å²) in [6.45, 7) is 0. The number of aryl methyl sites for hydroxylation is 1. The molecular weight excluding hydrogens is 233 g/mol. The maximum Gasteiger partial charge on any atom is 0.129 e. The molecule has 1 atom stereocenters. The molecule has 0 spiro atoms. The van der Waals surface area contributed by atoms with Crippen LogP contribution in [0.2, 0.25) is 5.02 Å². The highest BCUT2D eigenvalue weighted by Gasteiger charge is 2.18. The minimum atomic E-state index is -1.13. The lowest BCUT2D eigenvalue weighted by molar-refractivity contribution is 0.204. The number of rotatable bonds is 2. The second-order valence-corrected chi connectivity index (χ2v) is 3.79. The van der Waals surface area contributed by atoms with Crippen molar-refractivity contribution in [1.29, 1.82) is 0 Å². The molecule has 0 aliphatic carbocycles. The normalized spacial score (nSPS) is 12.8. The molecule has 16 heavy (non-hydrogen) atoms. The van der Waals surface area contributed by atoms with Gasteiger partial charge in [0.05, 0.1) is 11.9 Å². The van der Waals surface area contributed by atoms with Gasteiger partial charge in [-0.2, -0.15) is 0 Å². The lowest BCUT2D eigenvalue weighted by atomic mass is 10.1. The molecule has 0 saturated carbocycles. The molecule has 0 bridgehead atoms. The number of halogens is 2. The maximum atomic E-state index is 13.5. The van der Waals surface area contributed by atoms with Crippen molar-refractivity contribution in [2.75, 3.05) is 0 Å². The molecule has 0 fully saturated rings. The summed E-state index contributed by atoms with van der Waals surface area (Å²) < 4.78 is 14.9. The summed E-state index contributed by atoms with van der Waals surface area (Å²) in [5, 5.41) is 17.6. The summed E-state index contributed by atoms with van der Waals surface area (Å²) >= 11 is 5.75. The molecule has 1 unspecified atom stereocenters. The van der Waals surface area contributed by atoms with Crippen molar-refractivity contribution >= 4 is 11.6 Å². The van der Waals surface area contributed by atoms with Gasteiger partial charge in [0.2, 0.25) is 0 Å². The Morgan fingerprint density at radius 2 is 2.25 bits per heavy atom. The average molecular weight is 242 g/mol. The van der Waals surface area contributed by atoms with E-state index in [1.807, 2.05) is 0 Å². The predicted octanol–water partition coefficient (Wildman–Crippen LogP) is 1.69. The number of benzene rings is 1. The van der Waals surface area contributed by atoms with Gasteiger partial charge >= 0.3 is 0 Å². The topological polar surface area (TPSA) is 50.9 Å². The number of hydrogen-bond acceptors (Lipinski definition) is 3. The van der Waals surface area contributed by atoms with E-state index in [1.54, 1.807) is 7.05 Å². The van der Waals surface area contributed by atoms with E-state index in [4.69, 9.17) is 11.6 Å². The molecule has 2 rings (SSSR count). The van der Waals surface area contributed by atoms with E-state index in [-0.39, 0.29) is 5.56 Å². The Balaban J connectivity index is 2.45. The standard InChI is InChI=1S/C10H9ClFN3O/c1-15-9(5-13-14-15)10(16)7-4-6(11)2-3-8(7)12/h2-5,10,16H,1H3. The zero-order valence-electron chi connectivity index (χ0n) is 8.43. The van der Waals surface area contributed by atoms with Crippen LogP contribution in [0.3, 0.4) is 0 Å². The smallest absolute Gasteiger partial charge is 0.129 e. The van der Waals surface area contributed by atoms with Gasteiger partial charge in [0.25, 0.3) is 0 Å². The highest BCUT2D eigenvalue weighted by Crippen LogP contribution is 2.25. The fourth-order valence-electron chi connectivity index (χ4n) is 1.43. The predicted molar refractivity (Wildman–Crippen MR) is 56.5 cm³/mol. The van der Waals surface area contributed by atoms with Crippen molar-refractivity contribution in [3.8, 4) is 0 Å². The van der Waals surface area contributed by atoms with Crippen LogP contribution in [0.25, 0.3) is 0 Å². The quantitative estimate of drug-likeness (QED) is 0.871. The van der Waals surface area contributed by atoms with Crippen LogP contribution in [-0.4, -0.2) is 20.1 Å². The van der Waals surface area contributed by atoms with Crippen molar-refractivity contribution in [3.05, 3.63) is 46.5 Å². The fourth-order valence-corrected chi connectivity index (χ4v) is 1.61. The Morgan fingerprint density at radius 3 is 2.88 bits per heavy atom. The third kappa shape index (κ3) is 1.91. The number of aliphatic hydroxyl groups is 1. The highest BCUT2D eigenvalue weighted by atomic mass is 35.5. The molecule has 1 heterocycles. The molecule has 1 aromatic heterocycles. The van der Waals surface area contributed by atoms with Crippen molar-refractivity contribution in [2.24, 2.45) is 7.05 Å². The van der Waals surface area contributed by atoms with Gasteiger partial charge in [-0.1, -0.05) is 16.8 Å². The second kappa shape index (κ2) is 4.19. The van der Waals surface area contributed by atoms with Crippen LogP contribution >= 0.6 is 11.6 Å². The number of aromatic nitrogens is 3. The van der Waals surface area contributed by atoms with Gasteiger partial charge in [-0.3, -0.25) is 0 Å². The molecule has 0 aliphatic heterocycles. The van der Waals surface area contributed by atoms with Crippen LogP contribution in [0, 0.1) is 5.82 Å². The van der Waals surface area contributed by atoms with Crippen molar-refractivity contribution in [1.82, 2.24) is 15.0 Å². The van der Waals surface area contributed by atoms with Gasteiger partial charge in [-0.25, -0.2) is 9.07 Å². The van der Waals surface area contributed by atoms with Gasteiger partial charge in [-0.05, 0) is 18.2 Å². The first-order valence-electron chi connectivity index (χ1n) is 4.57. The van der Waals surface area contributed by atoms with Crippen LogP contribution in [-0.2, 0) is 7.05 Å². The molecule has 0 radical (unpaired) electrons. The summed E-state index contributed by atoms with van der Waals surface area (Å²) in [5.41, 5.74) is 0.513. The molecule has 2 aromatic rings. The van der Waals surface area contributed by atoms with Crippen LogP contribution < -0.4 is 0 Å². The van der Waals surface area contributed by atoms with Crippen LogP contribution in [0.15, 0.2) is 24.4 Å². The summed E-state index contributed by atoms with van der Waals surface area (Å²) in [4.78, 5) is 0. The van der Waals surface area contributed by atoms with Gasteiger partial charge in [0, 0.05) is 17.6 Å². The van der Waals surface area contributed by atoms with E-state index < -0.39 is 11.9 Å². The lowest BCUT2D eigenvalue weighted by Gasteiger charge is -2.11. The molecule has 0 aliphatic rings. The summed E-state index contributed by atoms with van der Waals surface area (Å²) in [6, 6.07) is 4.02. The summed E-state index contributed by atoms with van der Waals surface area (Å²) in [5.74, 6) is -0.516. The van der Waals surface area contributed by atoms with Crippen molar-refractivity contribution in [2.45, 2.75) is 6.10 Å². The largest absolute Gasteiger partial charge is 0.382 e. The first-order valence-corrected chi connectivity index (χ1v) is 4.95. The van der Waals surface area contributed by atoms with E-state index in [1.165, 1.54) is 29.1 Å². The third-order valence-corrected chi connectivity index (χ3v) is 2.52. The van der Waals surface area contributed by atoms with E-state index in [0.717, 1.165) is 0 Å². The van der Waals surface area contributed by atoms with E-state index >= 15 is 0 Å². The SMILES string of the molecule is Cn1nncc1C(O)c1cc(Cl)ccc1F. The zero-order valence-corrected chi connectivity index (χ0v) is 9.19.